The fourth-order valence-corrected chi connectivity index (χ4v) is 1.96. The molecule has 0 spiro atoms. The van der Waals surface area contributed by atoms with Gasteiger partial charge in [-0.05, 0) is 45.3 Å². The van der Waals surface area contributed by atoms with Gasteiger partial charge in [0.2, 0.25) is 10.0 Å². The smallest absolute Gasteiger partial charge is 0.229 e. The van der Waals surface area contributed by atoms with Crippen molar-refractivity contribution in [3.05, 3.63) is 29.8 Å². The summed E-state index contributed by atoms with van der Waals surface area (Å²) in [6, 6.07) is 6.19. The number of anilines is 1. The van der Waals surface area contributed by atoms with Gasteiger partial charge in [0, 0.05) is 11.3 Å². The highest BCUT2D eigenvalue weighted by Crippen LogP contribution is 2.13. The zero-order chi connectivity index (χ0) is 13.9. The summed E-state index contributed by atoms with van der Waals surface area (Å²) in [5.41, 5.74) is 1.02. The molecule has 0 saturated heterocycles. The second kappa shape index (κ2) is 5.49. The van der Waals surface area contributed by atoms with Crippen LogP contribution in [0.5, 0.6) is 0 Å². The lowest BCUT2D eigenvalue weighted by atomic mass is 10.0. The molecular formula is C12H18N2O3S. The van der Waals surface area contributed by atoms with Crippen molar-refractivity contribution >= 4 is 21.5 Å². The topological polar surface area (TPSA) is 66.5 Å². The van der Waals surface area contributed by atoms with E-state index in [4.69, 9.17) is 0 Å². The van der Waals surface area contributed by atoms with Gasteiger partial charge in [0.15, 0.2) is 5.78 Å². The first-order valence-corrected chi connectivity index (χ1v) is 7.38. The Morgan fingerprint density at radius 2 is 1.72 bits per heavy atom. The van der Waals surface area contributed by atoms with Crippen molar-refractivity contribution in [2.75, 3.05) is 25.1 Å². The molecule has 6 heteroatoms. The van der Waals surface area contributed by atoms with Crippen molar-refractivity contribution in [2.45, 2.75) is 13.0 Å². The number of Topliss-reactive ketones (excluding diaryl/α,β-unsaturated/α-hetero) is 1. The number of ketones is 1. The third-order valence-corrected chi connectivity index (χ3v) is 3.23. The molecule has 1 aromatic carbocycles. The van der Waals surface area contributed by atoms with Gasteiger partial charge < -0.3 is 0 Å². The predicted octanol–water partition coefficient (Wildman–Crippen LogP) is 1.19. The van der Waals surface area contributed by atoms with Crippen LogP contribution in [-0.4, -0.2) is 45.5 Å². The summed E-state index contributed by atoms with van der Waals surface area (Å²) in [5, 5.41) is 0. The molecule has 100 valence electrons. The Hall–Kier alpha value is -1.40. The van der Waals surface area contributed by atoms with Crippen molar-refractivity contribution < 1.29 is 13.2 Å². The summed E-state index contributed by atoms with van der Waals surface area (Å²) in [7, 11) is 0.388. The van der Waals surface area contributed by atoms with Crippen LogP contribution in [0.3, 0.4) is 0 Å². The Morgan fingerprint density at radius 3 is 2.11 bits per heavy atom. The molecule has 0 aliphatic rings. The quantitative estimate of drug-likeness (QED) is 0.816. The molecule has 0 aliphatic carbocycles. The molecule has 0 bridgehead atoms. The maximum atomic E-state index is 12.0. The van der Waals surface area contributed by atoms with Gasteiger partial charge in [-0.3, -0.25) is 14.4 Å². The average molecular weight is 270 g/mol. The third-order valence-electron chi connectivity index (χ3n) is 2.63. The average Bonchev–Trinajstić information content (AvgIpc) is 2.26. The van der Waals surface area contributed by atoms with Gasteiger partial charge in [-0.25, -0.2) is 8.42 Å². The minimum atomic E-state index is -3.28. The van der Waals surface area contributed by atoms with Crippen molar-refractivity contribution in [3.63, 3.8) is 0 Å². The lowest BCUT2D eigenvalue weighted by Crippen LogP contribution is -2.32. The number of hydrogen-bond donors (Lipinski definition) is 1. The summed E-state index contributed by atoms with van der Waals surface area (Å²) in [5.74, 6) is 0.00547. The van der Waals surface area contributed by atoms with E-state index in [-0.39, 0.29) is 11.8 Å². The van der Waals surface area contributed by atoms with Gasteiger partial charge >= 0.3 is 0 Å². The fourth-order valence-electron chi connectivity index (χ4n) is 1.39. The Balaban J connectivity index is 2.86. The monoisotopic (exact) mass is 270 g/mol. The number of carbonyl (C=O) groups is 1. The van der Waals surface area contributed by atoms with Crippen LogP contribution in [0.25, 0.3) is 0 Å². The minimum Gasteiger partial charge on any atom is -0.300 e. The zero-order valence-electron chi connectivity index (χ0n) is 11.0. The van der Waals surface area contributed by atoms with Crippen LogP contribution in [0.2, 0.25) is 0 Å². The summed E-state index contributed by atoms with van der Waals surface area (Å²) >= 11 is 0. The van der Waals surface area contributed by atoms with E-state index in [1.807, 2.05) is 25.9 Å². The van der Waals surface area contributed by atoms with E-state index in [1.54, 1.807) is 24.3 Å². The molecule has 0 saturated carbocycles. The van der Waals surface area contributed by atoms with Crippen LogP contribution >= 0.6 is 0 Å². The number of nitrogens with zero attached hydrogens (tertiary/aromatic N) is 1. The van der Waals surface area contributed by atoms with Crippen molar-refractivity contribution in [2.24, 2.45) is 0 Å². The second-order valence-corrected chi connectivity index (χ2v) is 6.20. The first-order chi connectivity index (χ1) is 8.20. The van der Waals surface area contributed by atoms with Crippen LogP contribution in [-0.2, 0) is 10.0 Å². The Morgan fingerprint density at radius 1 is 1.22 bits per heavy atom. The maximum absolute atomic E-state index is 12.0. The number of sulfonamides is 1. The number of likely N-dealkylation sites (N-methyl/N-ethyl adjacent to an activating group) is 1. The van der Waals surface area contributed by atoms with E-state index in [9.17, 15) is 13.2 Å². The molecule has 0 unspecified atom stereocenters. The SMILES string of the molecule is C[C@@H](C(=O)c1ccc(NS(C)(=O)=O)cc1)N(C)C. The molecule has 18 heavy (non-hydrogen) atoms. The van der Waals surface area contributed by atoms with Crippen LogP contribution in [0.4, 0.5) is 5.69 Å². The largest absolute Gasteiger partial charge is 0.300 e. The molecule has 1 aromatic rings. The minimum absolute atomic E-state index is 0.00547. The van der Waals surface area contributed by atoms with E-state index in [0.717, 1.165) is 6.26 Å². The molecule has 0 fully saturated rings. The molecule has 1 rings (SSSR count). The summed E-state index contributed by atoms with van der Waals surface area (Å²) < 4.78 is 24.4. The first-order valence-electron chi connectivity index (χ1n) is 5.49. The van der Waals surface area contributed by atoms with E-state index < -0.39 is 10.0 Å². The van der Waals surface area contributed by atoms with Crippen LogP contribution in [0.1, 0.15) is 17.3 Å². The lowest BCUT2D eigenvalue weighted by molar-refractivity contribution is 0.0891. The molecule has 0 aliphatic heterocycles. The van der Waals surface area contributed by atoms with Crippen molar-refractivity contribution in [3.8, 4) is 0 Å². The van der Waals surface area contributed by atoms with Gasteiger partial charge in [-0.2, -0.15) is 0 Å². The summed E-state index contributed by atoms with van der Waals surface area (Å²) in [6.07, 6.45) is 1.08. The molecule has 0 aromatic heterocycles. The molecule has 1 atom stereocenters. The highest BCUT2D eigenvalue weighted by atomic mass is 32.2. The number of nitrogens with one attached hydrogen (secondary N) is 1. The molecule has 5 nitrogen and oxygen atoms in total. The highest BCUT2D eigenvalue weighted by Gasteiger charge is 2.16. The Bertz CT molecular complexity index is 521. The zero-order valence-corrected chi connectivity index (χ0v) is 11.8. The second-order valence-electron chi connectivity index (χ2n) is 4.46. The highest BCUT2D eigenvalue weighted by molar-refractivity contribution is 7.92. The summed E-state index contributed by atoms with van der Waals surface area (Å²) in [6.45, 7) is 1.82. The summed E-state index contributed by atoms with van der Waals surface area (Å²) in [4.78, 5) is 13.8. The third kappa shape index (κ3) is 4.12. The van der Waals surface area contributed by atoms with Crippen molar-refractivity contribution in [1.29, 1.82) is 0 Å². The van der Waals surface area contributed by atoms with Crippen LogP contribution in [0, 0.1) is 0 Å². The number of hydrogen-bond acceptors (Lipinski definition) is 4. The van der Waals surface area contributed by atoms with E-state index >= 15 is 0 Å². The van der Waals surface area contributed by atoms with Gasteiger partial charge in [-0.1, -0.05) is 0 Å². The molecule has 0 heterocycles. The Kier molecular flexibility index (Phi) is 4.48. The Labute approximate surface area is 108 Å². The van der Waals surface area contributed by atoms with E-state index in [0.29, 0.717) is 11.3 Å². The molecule has 0 radical (unpaired) electrons. The maximum Gasteiger partial charge on any atom is 0.229 e. The molecule has 1 N–H and O–H groups in total. The van der Waals surface area contributed by atoms with Crippen LogP contribution < -0.4 is 4.72 Å². The van der Waals surface area contributed by atoms with Gasteiger partial charge in [0.1, 0.15) is 0 Å². The van der Waals surface area contributed by atoms with Crippen LogP contribution in [0.15, 0.2) is 24.3 Å². The van der Waals surface area contributed by atoms with Gasteiger partial charge in [0.25, 0.3) is 0 Å². The van der Waals surface area contributed by atoms with Gasteiger partial charge in [-0.15, -0.1) is 0 Å². The number of carbonyl (C=O) groups excluding carboxylic acids is 1. The normalized spacial score (nSPS) is 13.4. The molecular weight excluding hydrogens is 252 g/mol. The fraction of sp³-hybridized carbons (Fsp3) is 0.417. The molecule has 0 amide bonds. The lowest BCUT2D eigenvalue weighted by Gasteiger charge is -2.18. The standard InChI is InChI=1S/C12H18N2O3S/c1-9(14(2)3)12(15)10-5-7-11(8-6-10)13-18(4,16)17/h5-9,13H,1-4H3/t9-/m0/s1. The predicted molar refractivity (Wildman–Crippen MR) is 72.4 cm³/mol. The number of benzene rings is 1. The van der Waals surface area contributed by atoms with Gasteiger partial charge in [0.05, 0.1) is 12.3 Å². The first kappa shape index (κ1) is 14.7. The van der Waals surface area contributed by atoms with Crippen molar-refractivity contribution in [1.82, 2.24) is 4.90 Å². The van der Waals surface area contributed by atoms with E-state index in [1.165, 1.54) is 0 Å². The number of rotatable bonds is 5. The van der Waals surface area contributed by atoms with E-state index in [2.05, 4.69) is 4.72 Å².